The number of aromatic nitrogens is 3. The number of carbonyl (C=O) groups is 1. The van der Waals surface area contributed by atoms with Gasteiger partial charge in [0.2, 0.25) is 21.1 Å². The van der Waals surface area contributed by atoms with E-state index in [9.17, 15) is 13.2 Å². The molecule has 0 aliphatic carbocycles. The van der Waals surface area contributed by atoms with E-state index in [1.807, 2.05) is 60.7 Å². The average Bonchev–Trinajstić information content (AvgIpc) is 2.84. The zero-order chi connectivity index (χ0) is 24.1. The fourth-order valence-electron chi connectivity index (χ4n) is 3.27. The Morgan fingerprint density at radius 3 is 2.15 bits per heavy atom. The minimum absolute atomic E-state index is 0.0131. The number of thioether (sulfide) groups is 1. The highest BCUT2D eigenvalue weighted by Gasteiger charge is 2.16. The van der Waals surface area contributed by atoms with Crippen LogP contribution in [0.15, 0.2) is 88.9 Å². The molecule has 1 heterocycles. The SMILES string of the molecule is Cc1ccc(NC(=O)CSc2nnc(-c3ccccc3)c(-c3ccccc3)n2)cc1S(N)(=O)=O. The molecule has 34 heavy (non-hydrogen) atoms. The zero-order valence-electron chi connectivity index (χ0n) is 18.2. The van der Waals surface area contributed by atoms with Gasteiger partial charge in [-0.05, 0) is 24.6 Å². The first-order valence-electron chi connectivity index (χ1n) is 10.2. The van der Waals surface area contributed by atoms with Gasteiger partial charge in [0.05, 0.1) is 10.6 Å². The van der Waals surface area contributed by atoms with Crippen molar-refractivity contribution in [3.63, 3.8) is 0 Å². The van der Waals surface area contributed by atoms with Crippen molar-refractivity contribution in [2.45, 2.75) is 17.0 Å². The lowest BCUT2D eigenvalue weighted by Gasteiger charge is -2.10. The van der Waals surface area contributed by atoms with Crippen molar-refractivity contribution >= 4 is 33.4 Å². The van der Waals surface area contributed by atoms with E-state index in [0.717, 1.165) is 22.9 Å². The van der Waals surface area contributed by atoms with E-state index >= 15 is 0 Å². The molecule has 0 aliphatic heterocycles. The molecule has 0 unspecified atom stereocenters. The molecular formula is C24H21N5O3S2. The fourth-order valence-corrected chi connectivity index (χ4v) is 4.67. The molecule has 1 aromatic heterocycles. The number of amides is 1. The van der Waals surface area contributed by atoms with E-state index in [4.69, 9.17) is 5.14 Å². The number of hydrogen-bond acceptors (Lipinski definition) is 7. The third-order valence-corrected chi connectivity index (χ3v) is 6.76. The quantitative estimate of drug-likeness (QED) is 0.375. The summed E-state index contributed by atoms with van der Waals surface area (Å²) < 4.78 is 23.4. The Balaban J connectivity index is 1.53. The van der Waals surface area contributed by atoms with Gasteiger partial charge in [-0.25, -0.2) is 18.5 Å². The Kier molecular flexibility index (Phi) is 7.01. The van der Waals surface area contributed by atoms with Crippen molar-refractivity contribution in [2.75, 3.05) is 11.1 Å². The second-order valence-corrected chi connectivity index (χ2v) is 9.86. The molecule has 10 heteroatoms. The van der Waals surface area contributed by atoms with Crippen LogP contribution in [0.2, 0.25) is 0 Å². The molecule has 3 aromatic carbocycles. The van der Waals surface area contributed by atoms with Gasteiger partial charge < -0.3 is 5.32 Å². The van der Waals surface area contributed by atoms with E-state index in [-0.39, 0.29) is 16.6 Å². The number of sulfonamides is 1. The molecular weight excluding hydrogens is 470 g/mol. The Morgan fingerprint density at radius 1 is 0.912 bits per heavy atom. The summed E-state index contributed by atoms with van der Waals surface area (Å²) in [4.78, 5) is 17.1. The predicted molar refractivity (Wildman–Crippen MR) is 133 cm³/mol. The van der Waals surface area contributed by atoms with Crippen LogP contribution in [0.5, 0.6) is 0 Å². The normalized spacial score (nSPS) is 11.2. The number of primary sulfonamides is 1. The first-order valence-corrected chi connectivity index (χ1v) is 12.8. The van der Waals surface area contributed by atoms with Crippen LogP contribution >= 0.6 is 11.8 Å². The van der Waals surface area contributed by atoms with Crippen LogP contribution in [0.3, 0.4) is 0 Å². The van der Waals surface area contributed by atoms with Gasteiger partial charge in [0.15, 0.2) is 0 Å². The Bertz CT molecular complexity index is 1430. The van der Waals surface area contributed by atoms with Crippen molar-refractivity contribution in [3.8, 4) is 22.5 Å². The summed E-state index contributed by atoms with van der Waals surface area (Å²) in [5, 5.41) is 16.9. The lowest BCUT2D eigenvalue weighted by atomic mass is 10.0. The van der Waals surface area contributed by atoms with Gasteiger partial charge in [-0.15, -0.1) is 10.2 Å². The van der Waals surface area contributed by atoms with Crippen LogP contribution in [-0.2, 0) is 14.8 Å². The fraction of sp³-hybridized carbons (Fsp3) is 0.0833. The Morgan fingerprint density at radius 2 is 1.53 bits per heavy atom. The highest BCUT2D eigenvalue weighted by Crippen LogP contribution is 2.29. The summed E-state index contributed by atoms with van der Waals surface area (Å²) >= 11 is 1.13. The zero-order valence-corrected chi connectivity index (χ0v) is 19.8. The van der Waals surface area contributed by atoms with Crippen LogP contribution in [0.25, 0.3) is 22.5 Å². The molecule has 1 amide bonds. The van der Waals surface area contributed by atoms with Crippen LogP contribution in [0.1, 0.15) is 5.56 Å². The van der Waals surface area contributed by atoms with E-state index < -0.39 is 10.0 Å². The molecule has 0 radical (unpaired) electrons. The summed E-state index contributed by atoms with van der Waals surface area (Å²) in [6.45, 7) is 1.63. The predicted octanol–water partition coefficient (Wildman–Crippen LogP) is 3.89. The minimum Gasteiger partial charge on any atom is -0.325 e. The topological polar surface area (TPSA) is 128 Å². The van der Waals surface area contributed by atoms with Crippen molar-refractivity contribution in [1.29, 1.82) is 0 Å². The molecule has 0 aliphatic rings. The number of benzene rings is 3. The molecule has 172 valence electrons. The van der Waals surface area contributed by atoms with Gasteiger partial charge >= 0.3 is 0 Å². The van der Waals surface area contributed by atoms with Crippen LogP contribution in [0, 0.1) is 6.92 Å². The molecule has 0 saturated carbocycles. The third kappa shape index (κ3) is 5.66. The lowest BCUT2D eigenvalue weighted by Crippen LogP contribution is -2.17. The lowest BCUT2D eigenvalue weighted by molar-refractivity contribution is -0.113. The number of carbonyl (C=O) groups excluding carboxylic acids is 1. The first kappa shape index (κ1) is 23.6. The van der Waals surface area contributed by atoms with Crippen molar-refractivity contribution in [1.82, 2.24) is 15.2 Å². The molecule has 0 spiro atoms. The van der Waals surface area contributed by atoms with E-state index in [0.29, 0.717) is 27.8 Å². The second-order valence-electron chi connectivity index (χ2n) is 7.39. The number of hydrogen-bond donors (Lipinski definition) is 2. The maximum Gasteiger partial charge on any atom is 0.238 e. The van der Waals surface area contributed by atoms with Gasteiger partial charge in [-0.1, -0.05) is 78.5 Å². The summed E-state index contributed by atoms with van der Waals surface area (Å²) in [7, 11) is -3.89. The van der Waals surface area contributed by atoms with Crippen molar-refractivity contribution in [3.05, 3.63) is 84.4 Å². The monoisotopic (exact) mass is 491 g/mol. The molecule has 0 saturated heterocycles. The minimum atomic E-state index is -3.89. The van der Waals surface area contributed by atoms with Gasteiger partial charge in [0.25, 0.3) is 0 Å². The number of rotatable bonds is 7. The smallest absolute Gasteiger partial charge is 0.238 e. The number of nitrogens with two attached hydrogens (primary N) is 1. The van der Waals surface area contributed by atoms with E-state index in [1.54, 1.807) is 19.1 Å². The van der Waals surface area contributed by atoms with E-state index in [1.165, 1.54) is 6.07 Å². The molecule has 4 rings (SSSR count). The molecule has 8 nitrogen and oxygen atoms in total. The van der Waals surface area contributed by atoms with Crippen LogP contribution in [-0.4, -0.2) is 35.3 Å². The van der Waals surface area contributed by atoms with Gasteiger partial charge in [-0.3, -0.25) is 4.79 Å². The van der Waals surface area contributed by atoms with Crippen LogP contribution < -0.4 is 10.5 Å². The third-order valence-electron chi connectivity index (χ3n) is 4.87. The summed E-state index contributed by atoms with van der Waals surface area (Å²) in [6, 6.07) is 23.8. The second kappa shape index (κ2) is 10.1. The molecule has 3 N–H and O–H groups in total. The summed E-state index contributed by atoms with van der Waals surface area (Å²) in [5.74, 6) is -0.328. The molecule has 4 aromatic rings. The van der Waals surface area contributed by atoms with Gasteiger partial charge in [0, 0.05) is 16.8 Å². The summed E-state index contributed by atoms with van der Waals surface area (Å²) in [5.41, 5.74) is 3.93. The summed E-state index contributed by atoms with van der Waals surface area (Å²) in [6.07, 6.45) is 0. The van der Waals surface area contributed by atoms with E-state index in [2.05, 4.69) is 20.5 Å². The van der Waals surface area contributed by atoms with Crippen LogP contribution in [0.4, 0.5) is 5.69 Å². The van der Waals surface area contributed by atoms with Crippen molar-refractivity contribution < 1.29 is 13.2 Å². The number of nitrogens with one attached hydrogen (secondary N) is 1. The van der Waals surface area contributed by atoms with Crippen molar-refractivity contribution in [2.24, 2.45) is 5.14 Å². The number of aryl methyl sites for hydroxylation is 1. The highest BCUT2D eigenvalue weighted by molar-refractivity contribution is 7.99. The number of anilines is 1. The maximum atomic E-state index is 12.5. The van der Waals surface area contributed by atoms with Gasteiger partial charge in [-0.2, -0.15) is 0 Å². The molecule has 0 atom stereocenters. The molecule has 0 fully saturated rings. The number of nitrogens with zero attached hydrogens (tertiary/aromatic N) is 3. The Hall–Kier alpha value is -3.60. The largest absolute Gasteiger partial charge is 0.325 e. The molecule has 0 bridgehead atoms. The standard InChI is InChI=1S/C24H21N5O3S2/c1-16-12-13-19(14-20(16)34(25,31)32)26-21(30)15-33-24-27-22(17-8-4-2-5-9-17)23(28-29-24)18-10-6-3-7-11-18/h2-14H,15H2,1H3,(H,26,30)(H2,25,31,32). The average molecular weight is 492 g/mol. The maximum absolute atomic E-state index is 12.5. The first-order chi connectivity index (χ1) is 16.3. The van der Waals surface area contributed by atoms with Gasteiger partial charge in [0.1, 0.15) is 11.4 Å². The highest BCUT2D eigenvalue weighted by atomic mass is 32.2. The Labute approximate surface area is 201 Å².